The summed E-state index contributed by atoms with van der Waals surface area (Å²) >= 11 is 0. The van der Waals surface area contributed by atoms with Crippen molar-refractivity contribution >= 4 is 22.8 Å². The number of anilines is 1. The second-order valence-corrected chi connectivity index (χ2v) is 7.34. The Bertz CT molecular complexity index is 1060. The molecule has 144 valence electrons. The minimum Gasteiger partial charge on any atom is -0.352 e. The van der Waals surface area contributed by atoms with Crippen molar-refractivity contribution in [3.8, 4) is 0 Å². The molecular weight excluding hydrogens is 352 g/mol. The van der Waals surface area contributed by atoms with E-state index in [1.807, 2.05) is 60.4 Å². The lowest BCUT2D eigenvalue weighted by atomic mass is 9.97. The lowest BCUT2D eigenvalue weighted by Gasteiger charge is -2.32. The molecule has 0 unspecified atom stereocenters. The summed E-state index contributed by atoms with van der Waals surface area (Å²) in [6, 6.07) is 15.5. The van der Waals surface area contributed by atoms with Crippen LogP contribution in [0.25, 0.3) is 11.0 Å². The van der Waals surface area contributed by atoms with Gasteiger partial charge in [-0.2, -0.15) is 0 Å². The normalized spacial score (nSPS) is 16.9. The third-order valence-corrected chi connectivity index (χ3v) is 5.39. The summed E-state index contributed by atoms with van der Waals surface area (Å²) in [5.74, 6) is 0.283. The van der Waals surface area contributed by atoms with E-state index < -0.39 is 0 Å². The van der Waals surface area contributed by atoms with Crippen LogP contribution in [-0.2, 0) is 11.3 Å². The maximum atomic E-state index is 12.7. The van der Waals surface area contributed by atoms with Crippen LogP contribution in [0.2, 0.25) is 0 Å². The number of aryl methyl sites for hydroxylation is 1. The molecule has 1 aliphatic rings. The first kappa shape index (κ1) is 18.2. The van der Waals surface area contributed by atoms with E-state index in [0.29, 0.717) is 18.9 Å². The van der Waals surface area contributed by atoms with E-state index in [2.05, 4.69) is 15.3 Å². The number of para-hydroxylation sites is 2. The van der Waals surface area contributed by atoms with E-state index >= 15 is 0 Å². The molecule has 2 aromatic carbocycles. The number of nitrogens with one attached hydrogen (secondary N) is 2. The number of carbonyl (C=O) groups excluding carboxylic acids is 1. The maximum Gasteiger partial charge on any atom is 0.291 e. The molecule has 1 aliphatic heterocycles. The zero-order valence-electron chi connectivity index (χ0n) is 15.9. The highest BCUT2D eigenvalue weighted by molar-refractivity contribution is 5.80. The van der Waals surface area contributed by atoms with Gasteiger partial charge in [0.15, 0.2) is 5.82 Å². The lowest BCUT2D eigenvalue weighted by Crippen LogP contribution is -2.44. The fraction of sp³-hybridized carbons (Fsp3) is 0.318. The predicted molar refractivity (Wildman–Crippen MR) is 110 cm³/mol. The first-order valence-corrected chi connectivity index (χ1v) is 9.68. The molecule has 1 atom stereocenters. The van der Waals surface area contributed by atoms with Crippen LogP contribution in [-0.4, -0.2) is 29.0 Å². The average Bonchev–Trinajstić information content (AvgIpc) is 2.72. The topological polar surface area (TPSA) is 78.1 Å². The first-order valence-electron chi connectivity index (χ1n) is 9.68. The Morgan fingerprint density at radius 2 is 2.00 bits per heavy atom. The van der Waals surface area contributed by atoms with Crippen LogP contribution in [0.3, 0.4) is 0 Å². The summed E-state index contributed by atoms with van der Waals surface area (Å²) in [4.78, 5) is 34.6. The SMILES string of the molecule is Cc1ccccc1CNC(=O)[C@@H]1CCCN(c2nc3ccccc3[nH]c2=O)C1. The summed E-state index contributed by atoms with van der Waals surface area (Å²) in [6.45, 7) is 3.81. The molecule has 6 nitrogen and oxygen atoms in total. The van der Waals surface area contributed by atoms with E-state index in [1.165, 1.54) is 5.56 Å². The van der Waals surface area contributed by atoms with Crippen molar-refractivity contribution in [2.75, 3.05) is 18.0 Å². The number of rotatable bonds is 4. The number of H-pyrrole nitrogens is 1. The van der Waals surface area contributed by atoms with Gasteiger partial charge in [-0.3, -0.25) is 9.59 Å². The molecule has 2 heterocycles. The zero-order chi connectivity index (χ0) is 19.5. The number of piperidine rings is 1. The van der Waals surface area contributed by atoms with Crippen LogP contribution in [0.4, 0.5) is 5.82 Å². The van der Waals surface area contributed by atoms with Crippen molar-refractivity contribution in [3.05, 3.63) is 70.0 Å². The van der Waals surface area contributed by atoms with Gasteiger partial charge >= 0.3 is 0 Å². The molecule has 3 aromatic rings. The highest BCUT2D eigenvalue weighted by atomic mass is 16.2. The van der Waals surface area contributed by atoms with Gasteiger partial charge in [0.25, 0.3) is 5.56 Å². The highest BCUT2D eigenvalue weighted by Crippen LogP contribution is 2.21. The third-order valence-electron chi connectivity index (χ3n) is 5.39. The van der Waals surface area contributed by atoms with E-state index in [9.17, 15) is 9.59 Å². The second-order valence-electron chi connectivity index (χ2n) is 7.34. The molecule has 2 N–H and O–H groups in total. The molecule has 0 spiro atoms. The molecule has 1 fully saturated rings. The quantitative estimate of drug-likeness (QED) is 0.734. The number of fused-ring (bicyclic) bond motifs is 1. The number of benzene rings is 2. The van der Waals surface area contributed by atoms with Crippen LogP contribution in [0.1, 0.15) is 24.0 Å². The lowest BCUT2D eigenvalue weighted by molar-refractivity contribution is -0.125. The summed E-state index contributed by atoms with van der Waals surface area (Å²) in [7, 11) is 0. The summed E-state index contributed by atoms with van der Waals surface area (Å²) in [5.41, 5.74) is 3.56. The second kappa shape index (κ2) is 7.84. The van der Waals surface area contributed by atoms with Crippen molar-refractivity contribution in [2.45, 2.75) is 26.3 Å². The molecule has 0 aliphatic carbocycles. The minimum absolute atomic E-state index is 0.0326. The Morgan fingerprint density at radius 1 is 1.21 bits per heavy atom. The monoisotopic (exact) mass is 376 g/mol. The number of carbonyl (C=O) groups is 1. The molecule has 0 bridgehead atoms. The van der Waals surface area contributed by atoms with Crippen LogP contribution < -0.4 is 15.8 Å². The standard InChI is InChI=1S/C22H24N4O2/c1-15-7-2-3-8-16(15)13-23-21(27)17-9-6-12-26(14-17)20-22(28)25-19-11-5-4-10-18(19)24-20/h2-5,7-8,10-11,17H,6,9,12-14H2,1H3,(H,23,27)(H,25,28)/t17-/m1/s1. The smallest absolute Gasteiger partial charge is 0.291 e. The minimum atomic E-state index is -0.209. The van der Waals surface area contributed by atoms with Gasteiger partial charge < -0.3 is 15.2 Å². The molecule has 0 saturated carbocycles. The molecule has 28 heavy (non-hydrogen) atoms. The number of nitrogens with zero attached hydrogens (tertiary/aromatic N) is 2. The largest absolute Gasteiger partial charge is 0.352 e. The maximum absolute atomic E-state index is 12.7. The fourth-order valence-corrected chi connectivity index (χ4v) is 3.75. The summed E-state index contributed by atoms with van der Waals surface area (Å²) in [6.07, 6.45) is 1.68. The molecule has 1 aromatic heterocycles. The highest BCUT2D eigenvalue weighted by Gasteiger charge is 2.27. The van der Waals surface area contributed by atoms with Gasteiger partial charge in [0.2, 0.25) is 5.91 Å². The van der Waals surface area contributed by atoms with Gasteiger partial charge in [-0.05, 0) is 43.0 Å². The van der Waals surface area contributed by atoms with Gasteiger partial charge in [0, 0.05) is 19.6 Å². The number of amides is 1. The van der Waals surface area contributed by atoms with E-state index in [4.69, 9.17) is 0 Å². The average molecular weight is 376 g/mol. The van der Waals surface area contributed by atoms with Crippen LogP contribution in [0, 0.1) is 12.8 Å². The van der Waals surface area contributed by atoms with Crippen molar-refractivity contribution in [1.29, 1.82) is 0 Å². The Balaban J connectivity index is 1.47. The Labute approximate surface area is 163 Å². The third kappa shape index (κ3) is 3.76. The van der Waals surface area contributed by atoms with Crippen LogP contribution >= 0.6 is 0 Å². The molecule has 1 amide bonds. The van der Waals surface area contributed by atoms with Gasteiger partial charge in [0.1, 0.15) is 0 Å². The Hall–Kier alpha value is -3.15. The van der Waals surface area contributed by atoms with Crippen LogP contribution in [0.5, 0.6) is 0 Å². The van der Waals surface area contributed by atoms with Gasteiger partial charge in [-0.25, -0.2) is 4.98 Å². The van der Waals surface area contributed by atoms with E-state index in [0.717, 1.165) is 36.0 Å². The zero-order valence-corrected chi connectivity index (χ0v) is 15.9. The Kier molecular flexibility index (Phi) is 5.10. The van der Waals surface area contributed by atoms with Crippen molar-refractivity contribution in [1.82, 2.24) is 15.3 Å². The number of aromatic nitrogens is 2. The fourth-order valence-electron chi connectivity index (χ4n) is 3.75. The first-order chi connectivity index (χ1) is 13.6. The molecular formula is C22H24N4O2. The molecule has 6 heteroatoms. The van der Waals surface area contributed by atoms with Gasteiger partial charge in [-0.15, -0.1) is 0 Å². The van der Waals surface area contributed by atoms with Crippen molar-refractivity contribution in [2.24, 2.45) is 5.92 Å². The van der Waals surface area contributed by atoms with Crippen LogP contribution in [0.15, 0.2) is 53.3 Å². The number of hydrogen-bond donors (Lipinski definition) is 2. The van der Waals surface area contributed by atoms with Crippen molar-refractivity contribution in [3.63, 3.8) is 0 Å². The molecule has 4 rings (SSSR count). The van der Waals surface area contributed by atoms with E-state index in [1.54, 1.807) is 0 Å². The summed E-state index contributed by atoms with van der Waals surface area (Å²) < 4.78 is 0. The Morgan fingerprint density at radius 3 is 2.86 bits per heavy atom. The molecule has 0 radical (unpaired) electrons. The van der Waals surface area contributed by atoms with Crippen molar-refractivity contribution < 1.29 is 4.79 Å². The number of aromatic amines is 1. The summed E-state index contributed by atoms with van der Waals surface area (Å²) in [5, 5.41) is 3.05. The van der Waals surface area contributed by atoms with Gasteiger partial charge in [-0.1, -0.05) is 36.4 Å². The molecule has 1 saturated heterocycles. The van der Waals surface area contributed by atoms with Gasteiger partial charge in [0.05, 0.1) is 17.0 Å². The predicted octanol–water partition coefficient (Wildman–Crippen LogP) is 2.76. The van der Waals surface area contributed by atoms with E-state index in [-0.39, 0.29) is 17.4 Å². The number of hydrogen-bond acceptors (Lipinski definition) is 4.